The van der Waals surface area contributed by atoms with Crippen molar-refractivity contribution in [2.75, 3.05) is 4.90 Å². The molecule has 4 aromatic rings. The lowest BCUT2D eigenvalue weighted by molar-refractivity contribution is 0.0697. The molecule has 0 amide bonds. The molecule has 2 aromatic heterocycles. The van der Waals surface area contributed by atoms with Gasteiger partial charge in [0.05, 0.1) is 23.3 Å². The number of thiocarbonyl (C=S) groups is 1. The zero-order valence-corrected chi connectivity index (χ0v) is 21.3. The second-order valence-electron chi connectivity index (χ2n) is 9.03. The summed E-state index contributed by atoms with van der Waals surface area (Å²) in [5, 5.41) is 13.7. The molecule has 6 nitrogen and oxygen atoms in total. The number of rotatable bonds is 6. The molecule has 1 aliphatic rings. The maximum absolute atomic E-state index is 11.6. The van der Waals surface area contributed by atoms with Crippen LogP contribution in [0.3, 0.4) is 0 Å². The van der Waals surface area contributed by atoms with Crippen LogP contribution in [-0.4, -0.2) is 25.7 Å². The predicted molar refractivity (Wildman–Crippen MR) is 146 cm³/mol. The van der Waals surface area contributed by atoms with Crippen LogP contribution in [0.15, 0.2) is 79.0 Å². The average Bonchev–Trinajstić information content (AvgIpc) is 3.39. The highest BCUT2D eigenvalue weighted by atomic mass is 32.1. The van der Waals surface area contributed by atoms with Gasteiger partial charge in [-0.2, -0.15) is 0 Å². The van der Waals surface area contributed by atoms with E-state index in [4.69, 9.17) is 12.2 Å². The number of aryl methyl sites for hydroxylation is 2. The van der Waals surface area contributed by atoms with E-state index in [2.05, 4.69) is 63.9 Å². The van der Waals surface area contributed by atoms with Gasteiger partial charge in [0.25, 0.3) is 0 Å². The average molecular weight is 497 g/mol. The van der Waals surface area contributed by atoms with Crippen molar-refractivity contribution in [3.05, 3.63) is 113 Å². The van der Waals surface area contributed by atoms with E-state index >= 15 is 0 Å². The minimum Gasteiger partial charge on any atom is -0.478 e. The molecule has 0 unspecified atom stereocenters. The fourth-order valence-corrected chi connectivity index (χ4v) is 5.45. The van der Waals surface area contributed by atoms with Crippen LogP contribution in [0.4, 0.5) is 5.69 Å². The monoisotopic (exact) mass is 496 g/mol. The summed E-state index contributed by atoms with van der Waals surface area (Å²) < 4.78 is 2.11. The van der Waals surface area contributed by atoms with Crippen LogP contribution in [0.1, 0.15) is 57.6 Å². The van der Waals surface area contributed by atoms with E-state index in [9.17, 15) is 9.90 Å². The summed E-state index contributed by atoms with van der Waals surface area (Å²) in [6.45, 7) is 6.26. The number of aromatic nitrogens is 2. The number of anilines is 1. The van der Waals surface area contributed by atoms with Crippen molar-refractivity contribution >= 4 is 29.0 Å². The van der Waals surface area contributed by atoms with Crippen LogP contribution in [0.5, 0.6) is 0 Å². The Morgan fingerprint density at radius 3 is 2.47 bits per heavy atom. The number of benzene rings is 2. The van der Waals surface area contributed by atoms with Crippen molar-refractivity contribution < 1.29 is 9.90 Å². The minimum absolute atomic E-state index is 0.137. The first-order valence-corrected chi connectivity index (χ1v) is 12.4. The Hall–Kier alpha value is -3.97. The Labute approximate surface area is 216 Å². The molecule has 2 N–H and O–H groups in total. The van der Waals surface area contributed by atoms with E-state index in [1.54, 1.807) is 24.4 Å². The Morgan fingerprint density at radius 1 is 1.03 bits per heavy atom. The number of hydrogen-bond acceptors (Lipinski definition) is 3. The number of nitrogens with zero attached hydrogens (tertiary/aromatic N) is 3. The molecule has 0 bridgehead atoms. The molecule has 2 atom stereocenters. The van der Waals surface area contributed by atoms with Crippen LogP contribution in [0.25, 0.3) is 5.69 Å². The second-order valence-corrected chi connectivity index (χ2v) is 9.42. The Morgan fingerprint density at radius 2 is 1.81 bits per heavy atom. The highest BCUT2D eigenvalue weighted by Gasteiger charge is 2.42. The fourth-order valence-electron chi connectivity index (χ4n) is 5.10. The van der Waals surface area contributed by atoms with Gasteiger partial charge in [-0.05, 0) is 92.1 Å². The van der Waals surface area contributed by atoms with Crippen molar-refractivity contribution in [2.24, 2.45) is 0 Å². The molecule has 36 heavy (non-hydrogen) atoms. The quantitative estimate of drug-likeness (QED) is 0.323. The van der Waals surface area contributed by atoms with E-state index in [0.29, 0.717) is 5.11 Å². The van der Waals surface area contributed by atoms with Crippen molar-refractivity contribution in [3.8, 4) is 5.69 Å². The summed E-state index contributed by atoms with van der Waals surface area (Å²) in [4.78, 5) is 18.4. The van der Waals surface area contributed by atoms with Crippen LogP contribution in [0.2, 0.25) is 0 Å². The largest absolute Gasteiger partial charge is 0.478 e. The van der Waals surface area contributed by atoms with E-state index in [1.165, 1.54) is 5.56 Å². The number of carbonyl (C=O) groups is 1. The lowest BCUT2D eigenvalue weighted by Crippen LogP contribution is -2.29. The first kappa shape index (κ1) is 23.8. The zero-order valence-electron chi connectivity index (χ0n) is 20.5. The maximum Gasteiger partial charge on any atom is 0.335 e. The van der Waals surface area contributed by atoms with E-state index in [-0.39, 0.29) is 17.6 Å². The number of pyridine rings is 1. The highest BCUT2D eigenvalue weighted by Crippen LogP contribution is 2.43. The Kier molecular flexibility index (Phi) is 6.33. The van der Waals surface area contributed by atoms with Gasteiger partial charge in [0, 0.05) is 29.0 Å². The third-order valence-electron chi connectivity index (χ3n) is 6.86. The molecule has 0 radical (unpaired) electrons. The van der Waals surface area contributed by atoms with Gasteiger partial charge in [-0.25, -0.2) is 4.79 Å². The molecule has 0 spiro atoms. The normalized spacial score (nSPS) is 17.3. The topological polar surface area (TPSA) is 70.4 Å². The van der Waals surface area contributed by atoms with Gasteiger partial charge in [0.1, 0.15) is 0 Å². The van der Waals surface area contributed by atoms with E-state index < -0.39 is 5.97 Å². The predicted octanol–water partition coefficient (Wildman–Crippen LogP) is 5.93. The second kappa shape index (κ2) is 9.59. The minimum atomic E-state index is -0.943. The number of carboxylic acid groups (broad SMARTS) is 1. The number of hydrogen-bond donors (Lipinski definition) is 2. The summed E-state index contributed by atoms with van der Waals surface area (Å²) in [5.41, 5.74) is 7.43. The van der Waals surface area contributed by atoms with Gasteiger partial charge in [0.15, 0.2) is 5.11 Å². The first-order valence-electron chi connectivity index (χ1n) is 12.0. The van der Waals surface area contributed by atoms with Gasteiger partial charge < -0.3 is 19.9 Å². The number of aromatic carboxylic acids is 1. The Bertz CT molecular complexity index is 1430. The lowest BCUT2D eigenvalue weighted by atomic mass is 9.96. The van der Waals surface area contributed by atoms with E-state index in [0.717, 1.165) is 40.4 Å². The summed E-state index contributed by atoms with van der Waals surface area (Å²) in [5.74, 6) is -0.943. The molecule has 1 fully saturated rings. The number of carboxylic acids is 1. The molecule has 5 rings (SSSR count). The van der Waals surface area contributed by atoms with Gasteiger partial charge >= 0.3 is 5.97 Å². The molecule has 182 valence electrons. The maximum atomic E-state index is 11.6. The van der Waals surface area contributed by atoms with Gasteiger partial charge in [-0.15, -0.1) is 0 Å². The molecule has 2 aromatic carbocycles. The third kappa shape index (κ3) is 4.16. The van der Waals surface area contributed by atoms with Crippen LogP contribution in [-0.2, 0) is 6.42 Å². The fraction of sp³-hybridized carbons (Fsp3) is 0.207. The summed E-state index contributed by atoms with van der Waals surface area (Å²) in [6.07, 6.45) is 2.77. The van der Waals surface area contributed by atoms with Crippen LogP contribution < -0.4 is 10.2 Å². The third-order valence-corrected chi connectivity index (χ3v) is 7.18. The van der Waals surface area contributed by atoms with Crippen molar-refractivity contribution in [3.63, 3.8) is 0 Å². The van der Waals surface area contributed by atoms with Crippen molar-refractivity contribution in [1.82, 2.24) is 14.9 Å². The van der Waals surface area contributed by atoms with Crippen LogP contribution >= 0.6 is 12.2 Å². The molecule has 1 aliphatic heterocycles. The summed E-state index contributed by atoms with van der Waals surface area (Å²) in [7, 11) is 0. The smallest absolute Gasteiger partial charge is 0.335 e. The number of nitrogens with one attached hydrogen (secondary N) is 1. The van der Waals surface area contributed by atoms with Gasteiger partial charge in [-0.1, -0.05) is 31.2 Å². The van der Waals surface area contributed by atoms with Crippen molar-refractivity contribution in [1.29, 1.82) is 0 Å². The SMILES string of the molecule is CCc1ccc(N2C(=S)N[C@@H](c3ccccn3)[C@@H]2c2cc(C)n(-c3cccc(C(=O)O)c3)c2C)cc1. The Balaban J connectivity index is 1.66. The molecule has 3 heterocycles. The summed E-state index contributed by atoms with van der Waals surface area (Å²) in [6, 6.07) is 23.4. The molecule has 7 heteroatoms. The van der Waals surface area contributed by atoms with Crippen molar-refractivity contribution in [2.45, 2.75) is 39.3 Å². The molecular formula is C29H28N4O2S. The lowest BCUT2D eigenvalue weighted by Gasteiger charge is -2.28. The standard InChI is InChI=1S/C29H28N4O2S/c1-4-20-11-13-22(14-12-20)33-27(26(31-29(33)36)25-10-5-6-15-30-25)24-16-18(2)32(19(24)3)23-9-7-8-21(17-23)28(34)35/h5-17,26-27H,4H2,1-3H3,(H,31,36)(H,34,35)/t26-,27-/m0/s1. The van der Waals surface area contributed by atoms with Crippen LogP contribution in [0, 0.1) is 13.8 Å². The first-order chi connectivity index (χ1) is 17.4. The van der Waals surface area contributed by atoms with Gasteiger partial charge in [-0.3, -0.25) is 4.98 Å². The molecule has 1 saturated heterocycles. The zero-order chi connectivity index (χ0) is 25.4. The molecular weight excluding hydrogens is 468 g/mol. The highest BCUT2D eigenvalue weighted by molar-refractivity contribution is 7.80. The molecule has 0 saturated carbocycles. The van der Waals surface area contributed by atoms with E-state index in [1.807, 2.05) is 31.2 Å². The summed E-state index contributed by atoms with van der Waals surface area (Å²) >= 11 is 5.87. The van der Waals surface area contributed by atoms with Gasteiger partial charge in [0.2, 0.25) is 0 Å². The molecule has 0 aliphatic carbocycles.